The predicted octanol–water partition coefficient (Wildman–Crippen LogP) is 2.88. The van der Waals surface area contributed by atoms with Crippen LogP contribution in [0.4, 0.5) is 0 Å². The summed E-state index contributed by atoms with van der Waals surface area (Å²) in [5.74, 6) is 0.706. The van der Waals surface area contributed by atoms with Crippen LogP contribution >= 0.6 is 23.2 Å². The largest absolute Gasteiger partial charge is 0.329 e. The monoisotopic (exact) mass is 315 g/mol. The third kappa shape index (κ3) is 3.66. The highest BCUT2D eigenvalue weighted by Crippen LogP contribution is 2.32. The number of hydrogen-bond donors (Lipinski definition) is 1. The van der Waals surface area contributed by atoms with Gasteiger partial charge in [-0.3, -0.25) is 4.90 Å². The average molecular weight is 316 g/mol. The first-order valence-corrected chi connectivity index (χ1v) is 7.81. The van der Waals surface area contributed by atoms with Gasteiger partial charge in [0.15, 0.2) is 0 Å². The summed E-state index contributed by atoms with van der Waals surface area (Å²) in [6, 6.07) is 5.88. The van der Waals surface area contributed by atoms with E-state index < -0.39 is 0 Å². The minimum Gasteiger partial charge on any atom is -0.329 e. The molecule has 1 fully saturated rings. The maximum Gasteiger partial charge on any atom is 0.0640 e. The molecule has 5 heteroatoms. The van der Waals surface area contributed by atoms with Crippen molar-refractivity contribution in [3.05, 3.63) is 33.8 Å². The molecule has 20 heavy (non-hydrogen) atoms. The number of likely N-dealkylation sites (tertiary alicyclic amines) is 1. The Labute approximate surface area is 131 Å². The van der Waals surface area contributed by atoms with Gasteiger partial charge >= 0.3 is 0 Å². The minimum atomic E-state index is 0.118. The van der Waals surface area contributed by atoms with E-state index in [9.17, 15) is 0 Å². The van der Waals surface area contributed by atoms with Gasteiger partial charge in [0.2, 0.25) is 0 Å². The Bertz CT molecular complexity index is 453. The van der Waals surface area contributed by atoms with Crippen molar-refractivity contribution in [2.45, 2.75) is 12.5 Å². The molecule has 1 heterocycles. The van der Waals surface area contributed by atoms with Crippen molar-refractivity contribution in [1.29, 1.82) is 0 Å². The molecule has 1 aliphatic heterocycles. The van der Waals surface area contributed by atoms with Crippen molar-refractivity contribution in [3.8, 4) is 0 Å². The Balaban J connectivity index is 2.09. The second-order valence-electron chi connectivity index (χ2n) is 5.75. The molecule has 1 aromatic rings. The zero-order valence-corrected chi connectivity index (χ0v) is 13.7. The van der Waals surface area contributed by atoms with Crippen molar-refractivity contribution in [2.24, 2.45) is 11.7 Å². The third-order valence-corrected chi connectivity index (χ3v) is 4.96. The summed E-state index contributed by atoms with van der Waals surface area (Å²) >= 11 is 12.4. The van der Waals surface area contributed by atoms with Gasteiger partial charge in [-0.05, 0) is 44.6 Å². The molecule has 0 amide bonds. The number of nitrogens with two attached hydrogens (primary N) is 1. The van der Waals surface area contributed by atoms with Crippen LogP contribution in [0, 0.1) is 5.92 Å². The molecular weight excluding hydrogens is 293 g/mol. The van der Waals surface area contributed by atoms with Gasteiger partial charge < -0.3 is 10.6 Å². The maximum atomic E-state index is 6.33. The summed E-state index contributed by atoms with van der Waals surface area (Å²) in [5, 5.41) is 1.22. The standard InChI is InChI=1S/C15H23Cl2N3/c1-19-7-6-11(9-19)10-20(2)14(8-18)12-4-3-5-13(16)15(12)17/h3-5,11,14H,6-10,18H2,1-2H3. The number of hydrogen-bond acceptors (Lipinski definition) is 3. The van der Waals surface area contributed by atoms with E-state index >= 15 is 0 Å². The molecule has 0 aromatic heterocycles. The van der Waals surface area contributed by atoms with Crippen molar-refractivity contribution >= 4 is 23.2 Å². The number of rotatable bonds is 5. The first-order valence-electron chi connectivity index (χ1n) is 7.05. The van der Waals surface area contributed by atoms with Gasteiger partial charge in [0.1, 0.15) is 0 Å². The Morgan fingerprint density at radius 2 is 2.20 bits per heavy atom. The molecule has 3 nitrogen and oxygen atoms in total. The lowest BCUT2D eigenvalue weighted by Gasteiger charge is -2.30. The van der Waals surface area contributed by atoms with Crippen LogP contribution < -0.4 is 5.73 Å². The zero-order valence-electron chi connectivity index (χ0n) is 12.1. The molecule has 2 unspecified atom stereocenters. The first-order chi connectivity index (χ1) is 9.52. The minimum absolute atomic E-state index is 0.118. The van der Waals surface area contributed by atoms with Crippen molar-refractivity contribution in [3.63, 3.8) is 0 Å². The summed E-state index contributed by atoms with van der Waals surface area (Å²) in [6.07, 6.45) is 1.25. The molecule has 1 saturated heterocycles. The van der Waals surface area contributed by atoms with Gasteiger partial charge in [-0.15, -0.1) is 0 Å². The summed E-state index contributed by atoms with van der Waals surface area (Å²) < 4.78 is 0. The Hall–Kier alpha value is -0.320. The Kier molecular flexibility index (Phi) is 5.70. The highest BCUT2D eigenvalue weighted by Gasteiger charge is 2.25. The number of nitrogens with zero attached hydrogens (tertiary/aromatic N) is 2. The lowest BCUT2D eigenvalue weighted by Crippen LogP contribution is -2.35. The summed E-state index contributed by atoms with van der Waals surface area (Å²) in [6.45, 7) is 3.92. The van der Waals surface area contributed by atoms with E-state index in [1.807, 2.05) is 18.2 Å². The predicted molar refractivity (Wildman–Crippen MR) is 86.5 cm³/mol. The van der Waals surface area contributed by atoms with Crippen LogP contribution in [0.5, 0.6) is 0 Å². The molecular formula is C15H23Cl2N3. The fourth-order valence-corrected chi connectivity index (χ4v) is 3.47. The zero-order chi connectivity index (χ0) is 14.7. The summed E-state index contributed by atoms with van der Waals surface area (Å²) in [4.78, 5) is 4.68. The molecule has 2 rings (SSSR count). The van der Waals surface area contributed by atoms with Crippen LogP contribution in [0.15, 0.2) is 18.2 Å². The molecule has 112 valence electrons. The molecule has 0 spiro atoms. The second-order valence-corrected chi connectivity index (χ2v) is 6.54. The molecule has 0 bridgehead atoms. The summed E-state index contributed by atoms with van der Waals surface area (Å²) in [5.41, 5.74) is 7.00. The molecule has 1 aromatic carbocycles. The highest BCUT2D eigenvalue weighted by molar-refractivity contribution is 6.42. The normalized spacial score (nSPS) is 21.6. The van der Waals surface area contributed by atoms with Gasteiger partial charge in [0, 0.05) is 25.7 Å². The lowest BCUT2D eigenvalue weighted by molar-refractivity contribution is 0.212. The van der Waals surface area contributed by atoms with E-state index in [4.69, 9.17) is 28.9 Å². The van der Waals surface area contributed by atoms with E-state index in [-0.39, 0.29) is 6.04 Å². The van der Waals surface area contributed by atoms with Gasteiger partial charge in [-0.1, -0.05) is 35.3 Å². The summed E-state index contributed by atoms with van der Waals surface area (Å²) in [7, 11) is 4.29. The van der Waals surface area contributed by atoms with Gasteiger partial charge in [0.25, 0.3) is 0 Å². The highest BCUT2D eigenvalue weighted by atomic mass is 35.5. The smallest absolute Gasteiger partial charge is 0.0640 e. The maximum absolute atomic E-state index is 6.33. The topological polar surface area (TPSA) is 32.5 Å². The van der Waals surface area contributed by atoms with Crippen LogP contribution in [-0.2, 0) is 0 Å². The number of benzene rings is 1. The van der Waals surface area contributed by atoms with Crippen LogP contribution in [0.25, 0.3) is 0 Å². The molecule has 0 aliphatic carbocycles. The molecule has 1 aliphatic rings. The van der Waals surface area contributed by atoms with Gasteiger partial charge in [-0.2, -0.15) is 0 Å². The van der Waals surface area contributed by atoms with Crippen LogP contribution in [-0.4, -0.2) is 50.1 Å². The third-order valence-electron chi connectivity index (χ3n) is 4.13. The molecule has 0 radical (unpaired) electrons. The molecule has 2 atom stereocenters. The fraction of sp³-hybridized carbons (Fsp3) is 0.600. The second kappa shape index (κ2) is 7.10. The van der Waals surface area contributed by atoms with Crippen molar-refractivity contribution in [2.75, 3.05) is 40.3 Å². The fourth-order valence-electron chi connectivity index (χ4n) is 3.03. The number of halogens is 2. The van der Waals surface area contributed by atoms with Crippen LogP contribution in [0.2, 0.25) is 10.0 Å². The van der Waals surface area contributed by atoms with E-state index in [2.05, 4.69) is 23.9 Å². The Morgan fingerprint density at radius 1 is 1.45 bits per heavy atom. The van der Waals surface area contributed by atoms with E-state index in [1.165, 1.54) is 13.0 Å². The van der Waals surface area contributed by atoms with Crippen LogP contribution in [0.1, 0.15) is 18.0 Å². The van der Waals surface area contributed by atoms with Crippen molar-refractivity contribution < 1.29 is 0 Å². The van der Waals surface area contributed by atoms with Gasteiger partial charge in [0.05, 0.1) is 10.0 Å². The van der Waals surface area contributed by atoms with E-state index in [0.717, 1.165) is 18.7 Å². The quantitative estimate of drug-likeness (QED) is 0.907. The SMILES string of the molecule is CN1CCC(CN(C)C(CN)c2cccc(Cl)c2Cl)C1. The van der Waals surface area contributed by atoms with Crippen molar-refractivity contribution in [1.82, 2.24) is 9.80 Å². The first kappa shape index (κ1) is 16.1. The van der Waals surface area contributed by atoms with Gasteiger partial charge in [-0.25, -0.2) is 0 Å². The van der Waals surface area contributed by atoms with E-state index in [0.29, 0.717) is 22.5 Å². The molecule has 2 N–H and O–H groups in total. The van der Waals surface area contributed by atoms with E-state index in [1.54, 1.807) is 0 Å². The number of likely N-dealkylation sites (N-methyl/N-ethyl adjacent to an activating group) is 1. The Morgan fingerprint density at radius 3 is 2.80 bits per heavy atom. The lowest BCUT2D eigenvalue weighted by atomic mass is 10.0. The van der Waals surface area contributed by atoms with Crippen LogP contribution in [0.3, 0.4) is 0 Å². The average Bonchev–Trinajstić information content (AvgIpc) is 2.81. The molecule has 0 saturated carbocycles.